The van der Waals surface area contributed by atoms with Crippen molar-refractivity contribution in [3.8, 4) is 17.2 Å². The van der Waals surface area contributed by atoms with Gasteiger partial charge < -0.3 is 19.5 Å². The van der Waals surface area contributed by atoms with Crippen LogP contribution in [0.2, 0.25) is 0 Å². The Morgan fingerprint density at radius 3 is 2.17 bits per heavy atom. The maximum Gasteiger partial charge on any atom is 0.252 e. The Kier molecular flexibility index (Phi) is 5.87. The fourth-order valence-corrected chi connectivity index (χ4v) is 2.55. The first-order chi connectivity index (χ1) is 11.1. The highest BCUT2D eigenvalue weighted by molar-refractivity contribution is 9.10. The van der Waals surface area contributed by atoms with Crippen LogP contribution in [0.4, 0.5) is 0 Å². The second-order valence-electron chi connectivity index (χ2n) is 4.72. The molecule has 2 aromatic carbocycles. The first kappa shape index (κ1) is 17.1. The third-order valence-electron chi connectivity index (χ3n) is 3.33. The van der Waals surface area contributed by atoms with Crippen molar-refractivity contribution in [2.75, 3.05) is 21.3 Å². The summed E-state index contributed by atoms with van der Waals surface area (Å²) in [4.78, 5) is 12.4. The van der Waals surface area contributed by atoms with E-state index >= 15 is 0 Å². The molecule has 0 aromatic heterocycles. The highest BCUT2D eigenvalue weighted by atomic mass is 79.9. The zero-order chi connectivity index (χ0) is 16.8. The Hall–Kier alpha value is -2.21. The molecule has 0 heterocycles. The summed E-state index contributed by atoms with van der Waals surface area (Å²) in [6.07, 6.45) is 0. The summed E-state index contributed by atoms with van der Waals surface area (Å²) in [6.45, 7) is 0.420. The molecule has 0 aliphatic rings. The monoisotopic (exact) mass is 379 g/mol. The quantitative estimate of drug-likeness (QED) is 0.835. The smallest absolute Gasteiger partial charge is 0.252 e. The van der Waals surface area contributed by atoms with Gasteiger partial charge in [-0.2, -0.15) is 0 Å². The molecule has 1 N–H and O–H groups in total. The third-order valence-corrected chi connectivity index (χ3v) is 3.99. The molecule has 0 aliphatic carbocycles. The minimum Gasteiger partial charge on any atom is -0.497 e. The molecule has 0 saturated heterocycles. The molecule has 0 bridgehead atoms. The van der Waals surface area contributed by atoms with Crippen LogP contribution < -0.4 is 19.5 Å². The van der Waals surface area contributed by atoms with Gasteiger partial charge in [-0.3, -0.25) is 4.79 Å². The zero-order valence-electron chi connectivity index (χ0n) is 13.2. The summed E-state index contributed by atoms with van der Waals surface area (Å²) < 4.78 is 16.2. The van der Waals surface area contributed by atoms with Gasteiger partial charge in [0, 0.05) is 11.0 Å². The Bertz CT molecular complexity index is 686. The normalized spacial score (nSPS) is 10.1. The fraction of sp³-hybridized carbons (Fsp3) is 0.235. The number of benzene rings is 2. The van der Waals surface area contributed by atoms with Crippen LogP contribution in [0.1, 0.15) is 15.9 Å². The van der Waals surface area contributed by atoms with E-state index in [1.165, 1.54) is 7.11 Å². The van der Waals surface area contributed by atoms with Crippen LogP contribution in [0, 0.1) is 0 Å². The minimum atomic E-state index is -0.200. The summed E-state index contributed by atoms with van der Waals surface area (Å²) in [5.74, 6) is 1.65. The second-order valence-corrected chi connectivity index (χ2v) is 5.57. The van der Waals surface area contributed by atoms with Crippen molar-refractivity contribution in [2.24, 2.45) is 0 Å². The van der Waals surface area contributed by atoms with Crippen LogP contribution >= 0.6 is 15.9 Å². The molecule has 0 unspecified atom stereocenters. The van der Waals surface area contributed by atoms with Gasteiger partial charge in [0.15, 0.2) is 11.5 Å². The van der Waals surface area contributed by atoms with E-state index in [1.54, 1.807) is 26.4 Å². The lowest BCUT2D eigenvalue weighted by molar-refractivity contribution is 0.0949. The Labute approximate surface area is 143 Å². The zero-order valence-corrected chi connectivity index (χ0v) is 14.8. The van der Waals surface area contributed by atoms with Crippen LogP contribution in [0.5, 0.6) is 17.2 Å². The van der Waals surface area contributed by atoms with E-state index in [2.05, 4.69) is 21.2 Å². The number of carbonyl (C=O) groups excluding carboxylic acids is 1. The van der Waals surface area contributed by atoms with Crippen LogP contribution in [0.15, 0.2) is 40.9 Å². The van der Waals surface area contributed by atoms with E-state index in [0.29, 0.717) is 28.1 Å². The van der Waals surface area contributed by atoms with Crippen LogP contribution in [0.25, 0.3) is 0 Å². The lowest BCUT2D eigenvalue weighted by atomic mass is 10.1. The van der Waals surface area contributed by atoms with Crippen molar-refractivity contribution in [3.63, 3.8) is 0 Å². The van der Waals surface area contributed by atoms with Crippen molar-refractivity contribution in [3.05, 3.63) is 52.0 Å². The van der Waals surface area contributed by atoms with Crippen molar-refractivity contribution >= 4 is 21.8 Å². The molecule has 0 atom stereocenters. The molecule has 2 rings (SSSR count). The molecule has 0 fully saturated rings. The molecule has 1 amide bonds. The van der Waals surface area contributed by atoms with Crippen LogP contribution in [-0.2, 0) is 6.54 Å². The number of hydrogen-bond donors (Lipinski definition) is 1. The number of hydrogen-bond acceptors (Lipinski definition) is 4. The van der Waals surface area contributed by atoms with Gasteiger partial charge in [0.2, 0.25) is 0 Å². The summed E-state index contributed by atoms with van der Waals surface area (Å²) in [5, 5.41) is 2.88. The van der Waals surface area contributed by atoms with Gasteiger partial charge in [0.1, 0.15) is 5.75 Å². The molecule has 6 heteroatoms. The largest absolute Gasteiger partial charge is 0.497 e. The van der Waals surface area contributed by atoms with Crippen molar-refractivity contribution in [2.45, 2.75) is 6.54 Å². The van der Waals surface area contributed by atoms with E-state index in [1.807, 2.05) is 24.3 Å². The summed E-state index contributed by atoms with van der Waals surface area (Å²) in [6, 6.07) is 10.9. The molecule has 0 saturated carbocycles. The number of amides is 1. The molecule has 122 valence electrons. The molecule has 2 aromatic rings. The van der Waals surface area contributed by atoms with Gasteiger partial charge >= 0.3 is 0 Å². The first-order valence-electron chi connectivity index (χ1n) is 6.91. The molecule has 23 heavy (non-hydrogen) atoms. The molecule has 0 radical (unpaired) electrons. The lowest BCUT2D eigenvalue weighted by Crippen LogP contribution is -2.23. The van der Waals surface area contributed by atoms with Crippen LogP contribution in [0.3, 0.4) is 0 Å². The summed E-state index contributed by atoms with van der Waals surface area (Å²) in [5.41, 5.74) is 1.46. The van der Waals surface area contributed by atoms with E-state index in [0.717, 1.165) is 11.3 Å². The van der Waals surface area contributed by atoms with Crippen LogP contribution in [-0.4, -0.2) is 27.2 Å². The van der Waals surface area contributed by atoms with E-state index in [-0.39, 0.29) is 5.91 Å². The summed E-state index contributed by atoms with van der Waals surface area (Å²) >= 11 is 3.38. The molecular formula is C17H18BrNO4. The topological polar surface area (TPSA) is 56.8 Å². The van der Waals surface area contributed by atoms with Gasteiger partial charge in [-0.15, -0.1) is 0 Å². The predicted octanol–water partition coefficient (Wildman–Crippen LogP) is 3.40. The maximum atomic E-state index is 12.4. The van der Waals surface area contributed by atoms with Gasteiger partial charge in [0.05, 0.1) is 26.9 Å². The second kappa shape index (κ2) is 7.87. The lowest BCUT2D eigenvalue weighted by Gasteiger charge is -2.12. The Balaban J connectivity index is 2.10. The maximum absolute atomic E-state index is 12.4. The van der Waals surface area contributed by atoms with E-state index < -0.39 is 0 Å². The van der Waals surface area contributed by atoms with Gasteiger partial charge in [-0.25, -0.2) is 0 Å². The average molecular weight is 380 g/mol. The van der Waals surface area contributed by atoms with Crippen molar-refractivity contribution in [1.82, 2.24) is 5.32 Å². The number of methoxy groups -OCH3 is 3. The highest BCUT2D eigenvalue weighted by Gasteiger charge is 2.15. The van der Waals surface area contributed by atoms with E-state index in [4.69, 9.17) is 14.2 Å². The van der Waals surface area contributed by atoms with Crippen molar-refractivity contribution in [1.29, 1.82) is 0 Å². The number of carbonyl (C=O) groups is 1. The van der Waals surface area contributed by atoms with Gasteiger partial charge in [0.25, 0.3) is 5.91 Å². The standard InChI is InChI=1S/C17H18BrNO4/c1-21-12-6-4-11(5-7-12)10-19-17(20)13-8-15(22-2)16(23-3)9-14(13)18/h4-9H,10H2,1-3H3,(H,19,20). The number of halogens is 1. The Morgan fingerprint density at radius 2 is 1.61 bits per heavy atom. The molecular weight excluding hydrogens is 362 g/mol. The third kappa shape index (κ3) is 4.16. The highest BCUT2D eigenvalue weighted by Crippen LogP contribution is 2.33. The van der Waals surface area contributed by atoms with Gasteiger partial charge in [-0.1, -0.05) is 12.1 Å². The minimum absolute atomic E-state index is 0.200. The number of rotatable bonds is 6. The first-order valence-corrected chi connectivity index (χ1v) is 7.71. The Morgan fingerprint density at radius 1 is 1.00 bits per heavy atom. The predicted molar refractivity (Wildman–Crippen MR) is 91.4 cm³/mol. The summed E-state index contributed by atoms with van der Waals surface area (Å²) in [7, 11) is 4.70. The van der Waals surface area contributed by atoms with E-state index in [9.17, 15) is 4.79 Å². The molecule has 0 aliphatic heterocycles. The molecule has 0 spiro atoms. The van der Waals surface area contributed by atoms with Crippen molar-refractivity contribution < 1.29 is 19.0 Å². The van der Waals surface area contributed by atoms with Gasteiger partial charge in [-0.05, 0) is 45.8 Å². The fourth-order valence-electron chi connectivity index (χ4n) is 2.05. The number of nitrogens with one attached hydrogen (secondary N) is 1. The average Bonchev–Trinajstić information content (AvgIpc) is 2.59. The molecule has 5 nitrogen and oxygen atoms in total. The SMILES string of the molecule is COc1ccc(CNC(=O)c2cc(OC)c(OC)cc2Br)cc1. The number of ether oxygens (including phenoxy) is 3.